The molecule has 2 aromatic heterocycles. The van der Waals surface area contributed by atoms with Crippen molar-refractivity contribution in [2.45, 2.75) is 33.6 Å². The van der Waals surface area contributed by atoms with E-state index in [1.54, 1.807) is 28.9 Å². The third-order valence-electron chi connectivity index (χ3n) is 2.66. The van der Waals surface area contributed by atoms with Crippen LogP contribution in [0.25, 0.3) is 10.0 Å². The van der Waals surface area contributed by atoms with Crippen LogP contribution in [0, 0.1) is 5.92 Å². The average Bonchev–Trinajstić information content (AvgIpc) is 3.03. The Hall–Kier alpha value is -1.27. The lowest BCUT2D eigenvalue weighted by atomic mass is 10.1. The lowest BCUT2D eigenvalue weighted by Gasteiger charge is -2.05. The molecule has 0 aliphatic heterocycles. The highest BCUT2D eigenvalue weighted by Gasteiger charge is 2.20. The number of hydrogen-bond acceptors (Lipinski definition) is 5. The molecule has 2 aromatic rings. The summed E-state index contributed by atoms with van der Waals surface area (Å²) in [5, 5.41) is 6.56. The maximum atomic E-state index is 12.2. The summed E-state index contributed by atoms with van der Waals surface area (Å²) in [6, 6.07) is 0. The number of nitrogens with zero attached hydrogens (tertiary/aromatic N) is 2. The quantitative estimate of drug-likeness (QED) is 0.887. The number of carbonyl (C=O) groups excluding carboxylic acids is 1. The molecule has 0 unspecified atom stereocenters. The van der Waals surface area contributed by atoms with Gasteiger partial charge < -0.3 is 5.32 Å². The maximum Gasteiger partial charge on any atom is 0.271 e. The molecule has 0 radical (unpaired) electrons. The fourth-order valence-corrected chi connectivity index (χ4v) is 3.73. The van der Waals surface area contributed by atoms with Crippen LogP contribution < -0.4 is 5.32 Å². The van der Waals surface area contributed by atoms with E-state index < -0.39 is 0 Å². The number of aromatic nitrogens is 2. The van der Waals surface area contributed by atoms with Crippen LogP contribution in [-0.2, 0) is 6.42 Å². The highest BCUT2D eigenvalue weighted by molar-refractivity contribution is 7.20. The second kappa shape index (κ2) is 6.95. The average molecular weight is 309 g/mol. The van der Waals surface area contributed by atoms with Gasteiger partial charge in [-0.05, 0) is 18.8 Å². The van der Waals surface area contributed by atoms with Crippen LogP contribution in [0.1, 0.15) is 42.6 Å². The lowest BCUT2D eigenvalue weighted by Crippen LogP contribution is -2.25. The first kappa shape index (κ1) is 15.1. The number of hydrogen-bond donors (Lipinski definition) is 1. The predicted molar refractivity (Wildman–Crippen MR) is 84.4 cm³/mol. The number of nitrogens with one attached hydrogen (secondary N) is 1. The Morgan fingerprint density at radius 3 is 2.80 bits per heavy atom. The molecule has 2 rings (SSSR count). The van der Waals surface area contributed by atoms with E-state index in [2.05, 4.69) is 29.1 Å². The molecule has 0 fully saturated rings. The summed E-state index contributed by atoms with van der Waals surface area (Å²) in [4.78, 5) is 22.0. The maximum absolute atomic E-state index is 12.2. The molecule has 20 heavy (non-hydrogen) atoms. The van der Waals surface area contributed by atoms with Gasteiger partial charge in [0.1, 0.15) is 5.69 Å². The highest BCUT2D eigenvalue weighted by atomic mass is 32.1. The Bertz CT molecular complexity index is 561. The molecule has 6 heteroatoms. The predicted octanol–water partition coefficient (Wildman–Crippen LogP) is 3.60. The lowest BCUT2D eigenvalue weighted by molar-refractivity contribution is 0.0948. The zero-order chi connectivity index (χ0) is 14.5. The van der Waals surface area contributed by atoms with Gasteiger partial charge in [-0.25, -0.2) is 9.97 Å². The van der Waals surface area contributed by atoms with E-state index in [-0.39, 0.29) is 5.91 Å². The van der Waals surface area contributed by atoms with Crippen molar-refractivity contribution in [1.29, 1.82) is 0 Å². The van der Waals surface area contributed by atoms with E-state index in [9.17, 15) is 4.79 Å². The van der Waals surface area contributed by atoms with Crippen molar-refractivity contribution in [3.05, 3.63) is 22.1 Å². The third-order valence-corrected chi connectivity index (χ3v) is 4.65. The smallest absolute Gasteiger partial charge is 0.271 e. The molecule has 0 saturated carbocycles. The van der Waals surface area contributed by atoms with Crippen LogP contribution in [0.4, 0.5) is 0 Å². The molecule has 2 heterocycles. The molecule has 0 aromatic carbocycles. The molecule has 0 saturated heterocycles. The SMILES string of the molecule is CCCNC(=O)c1nc(-c2nccs2)sc1CC(C)C. The molecule has 0 atom stereocenters. The normalized spacial score (nSPS) is 11.0. The van der Waals surface area contributed by atoms with Gasteiger partial charge in [0.25, 0.3) is 5.91 Å². The molecule has 1 amide bonds. The Morgan fingerprint density at radius 1 is 1.40 bits per heavy atom. The second-order valence-corrected chi connectivity index (χ2v) is 6.96. The molecule has 0 spiro atoms. The van der Waals surface area contributed by atoms with E-state index in [1.165, 1.54) is 0 Å². The molecule has 0 bridgehead atoms. The minimum atomic E-state index is -0.0680. The Morgan fingerprint density at radius 2 is 2.20 bits per heavy atom. The summed E-state index contributed by atoms with van der Waals surface area (Å²) >= 11 is 3.13. The van der Waals surface area contributed by atoms with Crippen molar-refractivity contribution in [2.24, 2.45) is 5.92 Å². The number of amides is 1. The van der Waals surface area contributed by atoms with Gasteiger partial charge in [-0.1, -0.05) is 20.8 Å². The van der Waals surface area contributed by atoms with Gasteiger partial charge in [-0.15, -0.1) is 22.7 Å². The zero-order valence-electron chi connectivity index (χ0n) is 12.0. The van der Waals surface area contributed by atoms with Crippen LogP contribution in [0.5, 0.6) is 0 Å². The van der Waals surface area contributed by atoms with Crippen LogP contribution >= 0.6 is 22.7 Å². The van der Waals surface area contributed by atoms with Crippen molar-refractivity contribution in [3.63, 3.8) is 0 Å². The first-order valence-electron chi connectivity index (χ1n) is 6.79. The number of rotatable bonds is 6. The van der Waals surface area contributed by atoms with Crippen LogP contribution in [0.2, 0.25) is 0 Å². The van der Waals surface area contributed by atoms with Crippen molar-refractivity contribution >= 4 is 28.6 Å². The standard InChI is InChI=1S/C14H19N3OS2/c1-4-5-15-12(18)11-10(8-9(2)3)20-14(17-11)13-16-6-7-19-13/h6-7,9H,4-5,8H2,1-3H3,(H,15,18). The van der Waals surface area contributed by atoms with Gasteiger partial charge >= 0.3 is 0 Å². The molecule has 0 aliphatic rings. The van der Waals surface area contributed by atoms with E-state index in [0.717, 1.165) is 27.7 Å². The summed E-state index contributed by atoms with van der Waals surface area (Å²) in [6.07, 6.45) is 3.56. The van der Waals surface area contributed by atoms with Gasteiger partial charge in [-0.2, -0.15) is 0 Å². The Balaban J connectivity index is 2.30. The van der Waals surface area contributed by atoms with Gasteiger partial charge in [0, 0.05) is 23.0 Å². The van der Waals surface area contributed by atoms with Crippen LogP contribution in [-0.4, -0.2) is 22.4 Å². The van der Waals surface area contributed by atoms with Gasteiger partial charge in [0.15, 0.2) is 10.0 Å². The van der Waals surface area contributed by atoms with Crippen molar-refractivity contribution in [2.75, 3.05) is 6.54 Å². The summed E-state index contributed by atoms with van der Waals surface area (Å²) < 4.78 is 0. The summed E-state index contributed by atoms with van der Waals surface area (Å²) in [5.41, 5.74) is 0.572. The van der Waals surface area contributed by atoms with Gasteiger partial charge in [0.05, 0.1) is 0 Å². The van der Waals surface area contributed by atoms with Crippen LogP contribution in [0.15, 0.2) is 11.6 Å². The molecule has 1 N–H and O–H groups in total. The van der Waals surface area contributed by atoms with E-state index in [1.807, 2.05) is 12.3 Å². The minimum absolute atomic E-state index is 0.0680. The number of thiazole rings is 2. The second-order valence-electron chi connectivity index (χ2n) is 4.98. The largest absolute Gasteiger partial charge is 0.351 e. The van der Waals surface area contributed by atoms with E-state index in [4.69, 9.17) is 0 Å². The van der Waals surface area contributed by atoms with Gasteiger partial charge in [-0.3, -0.25) is 4.79 Å². The fourth-order valence-electron chi connectivity index (χ4n) is 1.78. The highest BCUT2D eigenvalue weighted by Crippen LogP contribution is 2.31. The minimum Gasteiger partial charge on any atom is -0.351 e. The fraction of sp³-hybridized carbons (Fsp3) is 0.500. The Labute approximate surface area is 127 Å². The summed E-state index contributed by atoms with van der Waals surface area (Å²) in [7, 11) is 0. The zero-order valence-corrected chi connectivity index (χ0v) is 13.6. The third kappa shape index (κ3) is 3.64. The monoisotopic (exact) mass is 309 g/mol. The van der Waals surface area contributed by atoms with Crippen molar-refractivity contribution in [3.8, 4) is 10.0 Å². The summed E-state index contributed by atoms with van der Waals surface area (Å²) in [6.45, 7) is 7.02. The summed E-state index contributed by atoms with van der Waals surface area (Å²) in [5.74, 6) is 0.430. The van der Waals surface area contributed by atoms with Crippen molar-refractivity contribution < 1.29 is 4.79 Å². The number of carbonyl (C=O) groups is 1. The van der Waals surface area contributed by atoms with Gasteiger partial charge in [0.2, 0.25) is 0 Å². The topological polar surface area (TPSA) is 54.9 Å². The molecule has 0 aliphatic carbocycles. The van der Waals surface area contributed by atoms with E-state index in [0.29, 0.717) is 18.2 Å². The van der Waals surface area contributed by atoms with Crippen molar-refractivity contribution in [1.82, 2.24) is 15.3 Å². The first-order chi connectivity index (χ1) is 9.61. The molecule has 108 valence electrons. The van der Waals surface area contributed by atoms with Crippen LogP contribution in [0.3, 0.4) is 0 Å². The first-order valence-corrected chi connectivity index (χ1v) is 8.49. The Kier molecular flexibility index (Phi) is 5.25. The molecular weight excluding hydrogens is 290 g/mol. The molecule has 4 nitrogen and oxygen atoms in total. The van der Waals surface area contributed by atoms with E-state index >= 15 is 0 Å². The molecular formula is C14H19N3OS2.